The van der Waals surface area contributed by atoms with Crippen LogP contribution in [0.3, 0.4) is 0 Å². The van der Waals surface area contributed by atoms with Crippen molar-refractivity contribution in [3.8, 4) is 5.88 Å². The number of methoxy groups -OCH3 is 1. The number of piperazine rings is 1. The molecule has 1 amide bonds. The summed E-state index contributed by atoms with van der Waals surface area (Å²) >= 11 is 0. The third kappa shape index (κ3) is 3.61. The number of furan rings is 1. The zero-order valence-electron chi connectivity index (χ0n) is 14.6. The third-order valence-corrected chi connectivity index (χ3v) is 4.25. The van der Waals surface area contributed by atoms with Crippen LogP contribution in [-0.2, 0) is 11.2 Å². The van der Waals surface area contributed by atoms with Gasteiger partial charge in [-0.05, 0) is 6.92 Å². The summed E-state index contributed by atoms with van der Waals surface area (Å²) in [5.41, 5.74) is 0.989. The molecule has 0 radical (unpaired) electrons. The van der Waals surface area contributed by atoms with Gasteiger partial charge in [0.15, 0.2) is 0 Å². The minimum atomic E-state index is -1.03. The largest absolute Gasteiger partial charge is 0.481 e. The van der Waals surface area contributed by atoms with Crippen LogP contribution in [0.1, 0.15) is 21.7 Å². The molecule has 3 heterocycles. The SMILES string of the molecule is COc1ccnc(N2CCN(C(=O)c3c(C)coc3CC(=O)O)CC2)n1. The van der Waals surface area contributed by atoms with Gasteiger partial charge in [-0.2, -0.15) is 4.98 Å². The normalized spacial score (nSPS) is 14.4. The van der Waals surface area contributed by atoms with Gasteiger partial charge < -0.3 is 24.1 Å². The lowest BCUT2D eigenvalue weighted by Gasteiger charge is -2.34. The van der Waals surface area contributed by atoms with Crippen LogP contribution < -0.4 is 9.64 Å². The number of hydrogen-bond acceptors (Lipinski definition) is 7. The molecule has 9 nitrogen and oxygen atoms in total. The molecular formula is C17H20N4O5. The van der Waals surface area contributed by atoms with Crippen molar-refractivity contribution in [2.24, 2.45) is 0 Å². The Morgan fingerprint density at radius 2 is 2.04 bits per heavy atom. The fourth-order valence-corrected chi connectivity index (χ4v) is 2.92. The molecule has 2 aromatic heterocycles. The minimum absolute atomic E-state index is 0.193. The molecular weight excluding hydrogens is 340 g/mol. The molecule has 0 bridgehead atoms. The second-order valence-corrected chi connectivity index (χ2v) is 5.97. The van der Waals surface area contributed by atoms with Crippen molar-refractivity contribution in [3.63, 3.8) is 0 Å². The lowest BCUT2D eigenvalue weighted by Crippen LogP contribution is -2.49. The predicted octanol–water partition coefficient (Wildman–Crippen LogP) is 0.976. The molecule has 26 heavy (non-hydrogen) atoms. The molecule has 1 fully saturated rings. The van der Waals surface area contributed by atoms with Gasteiger partial charge in [0.1, 0.15) is 12.2 Å². The summed E-state index contributed by atoms with van der Waals surface area (Å²) in [6.07, 6.45) is 2.74. The van der Waals surface area contributed by atoms with E-state index < -0.39 is 5.97 Å². The number of anilines is 1. The van der Waals surface area contributed by atoms with Crippen molar-refractivity contribution in [2.45, 2.75) is 13.3 Å². The zero-order valence-corrected chi connectivity index (χ0v) is 14.6. The van der Waals surface area contributed by atoms with E-state index in [0.717, 1.165) is 0 Å². The average Bonchev–Trinajstić information content (AvgIpc) is 3.01. The van der Waals surface area contributed by atoms with E-state index in [1.54, 1.807) is 31.2 Å². The highest BCUT2D eigenvalue weighted by Crippen LogP contribution is 2.21. The van der Waals surface area contributed by atoms with Gasteiger partial charge in [-0.1, -0.05) is 0 Å². The maximum Gasteiger partial charge on any atom is 0.311 e. The van der Waals surface area contributed by atoms with Crippen LogP contribution >= 0.6 is 0 Å². The van der Waals surface area contributed by atoms with Gasteiger partial charge in [-0.15, -0.1) is 0 Å². The number of hydrogen-bond donors (Lipinski definition) is 1. The monoisotopic (exact) mass is 360 g/mol. The van der Waals surface area contributed by atoms with Crippen LogP contribution in [-0.4, -0.2) is 65.1 Å². The summed E-state index contributed by atoms with van der Waals surface area (Å²) < 4.78 is 10.4. The van der Waals surface area contributed by atoms with E-state index in [1.165, 1.54) is 6.26 Å². The van der Waals surface area contributed by atoms with Crippen molar-refractivity contribution in [3.05, 3.63) is 35.4 Å². The van der Waals surface area contributed by atoms with Crippen molar-refractivity contribution in [1.29, 1.82) is 0 Å². The van der Waals surface area contributed by atoms with Crippen molar-refractivity contribution in [1.82, 2.24) is 14.9 Å². The lowest BCUT2D eigenvalue weighted by atomic mass is 10.1. The van der Waals surface area contributed by atoms with E-state index in [2.05, 4.69) is 9.97 Å². The summed E-state index contributed by atoms with van der Waals surface area (Å²) in [5, 5.41) is 8.98. The maximum absolute atomic E-state index is 12.8. The van der Waals surface area contributed by atoms with Crippen molar-refractivity contribution >= 4 is 17.8 Å². The first kappa shape index (κ1) is 17.7. The number of aryl methyl sites for hydroxylation is 1. The minimum Gasteiger partial charge on any atom is -0.481 e. The second kappa shape index (κ2) is 7.42. The Hall–Kier alpha value is -3.10. The quantitative estimate of drug-likeness (QED) is 0.840. The van der Waals surface area contributed by atoms with Crippen molar-refractivity contribution < 1.29 is 23.8 Å². The summed E-state index contributed by atoms with van der Waals surface area (Å²) in [5.74, 6) is -0.00555. The Morgan fingerprint density at radius 3 is 2.69 bits per heavy atom. The molecule has 1 N–H and O–H groups in total. The molecule has 0 aliphatic carbocycles. The Labute approximate surface area is 150 Å². The highest BCUT2D eigenvalue weighted by molar-refractivity contribution is 5.97. The lowest BCUT2D eigenvalue weighted by molar-refractivity contribution is -0.136. The summed E-state index contributed by atoms with van der Waals surface area (Å²) in [7, 11) is 1.55. The number of ether oxygens (including phenoxy) is 1. The number of nitrogens with zero attached hydrogens (tertiary/aromatic N) is 4. The number of aromatic nitrogens is 2. The van der Waals surface area contributed by atoms with Gasteiger partial charge in [-0.3, -0.25) is 9.59 Å². The van der Waals surface area contributed by atoms with E-state index >= 15 is 0 Å². The fourth-order valence-electron chi connectivity index (χ4n) is 2.92. The summed E-state index contributed by atoms with van der Waals surface area (Å²) in [6, 6.07) is 1.68. The maximum atomic E-state index is 12.8. The Kier molecular flexibility index (Phi) is 5.06. The molecule has 1 aliphatic heterocycles. The summed E-state index contributed by atoms with van der Waals surface area (Å²) in [6.45, 7) is 3.85. The van der Waals surface area contributed by atoms with E-state index in [9.17, 15) is 9.59 Å². The van der Waals surface area contributed by atoms with Crippen LogP contribution in [0.4, 0.5) is 5.95 Å². The Bertz CT molecular complexity index is 811. The molecule has 0 saturated carbocycles. The molecule has 0 unspecified atom stereocenters. The molecule has 0 aromatic carbocycles. The van der Waals surface area contributed by atoms with Crippen LogP contribution in [0.25, 0.3) is 0 Å². The predicted molar refractivity (Wildman–Crippen MR) is 91.5 cm³/mol. The highest BCUT2D eigenvalue weighted by Gasteiger charge is 2.28. The first-order valence-electron chi connectivity index (χ1n) is 8.19. The van der Waals surface area contributed by atoms with E-state index in [0.29, 0.717) is 49.1 Å². The number of rotatable bonds is 5. The number of carboxylic acid groups (broad SMARTS) is 1. The highest BCUT2D eigenvalue weighted by atomic mass is 16.5. The zero-order chi connectivity index (χ0) is 18.7. The van der Waals surface area contributed by atoms with Gasteiger partial charge in [0.2, 0.25) is 11.8 Å². The standard InChI is InChI=1S/C17H20N4O5/c1-11-10-26-12(9-14(22)23)15(11)16(24)20-5-7-21(8-6-20)17-18-4-3-13(19-17)25-2/h3-4,10H,5-9H2,1-2H3,(H,22,23). The van der Waals surface area contributed by atoms with E-state index in [1.807, 2.05) is 4.90 Å². The molecule has 3 rings (SSSR count). The fraction of sp³-hybridized carbons (Fsp3) is 0.412. The van der Waals surface area contributed by atoms with Gasteiger partial charge >= 0.3 is 5.97 Å². The van der Waals surface area contributed by atoms with E-state index in [-0.39, 0.29) is 18.1 Å². The first-order valence-corrected chi connectivity index (χ1v) is 8.19. The molecule has 2 aromatic rings. The van der Waals surface area contributed by atoms with Gasteiger partial charge in [0.25, 0.3) is 5.91 Å². The van der Waals surface area contributed by atoms with Gasteiger partial charge in [0, 0.05) is 44.0 Å². The van der Waals surface area contributed by atoms with Gasteiger partial charge in [0.05, 0.1) is 18.9 Å². The number of carbonyl (C=O) groups excluding carboxylic acids is 1. The first-order chi connectivity index (χ1) is 12.5. The Balaban J connectivity index is 1.69. The Morgan fingerprint density at radius 1 is 1.31 bits per heavy atom. The second-order valence-electron chi connectivity index (χ2n) is 5.97. The average molecular weight is 360 g/mol. The third-order valence-electron chi connectivity index (χ3n) is 4.25. The van der Waals surface area contributed by atoms with Crippen LogP contribution in [0, 0.1) is 6.92 Å². The van der Waals surface area contributed by atoms with Gasteiger partial charge in [-0.25, -0.2) is 4.98 Å². The number of aliphatic carboxylic acids is 1. The van der Waals surface area contributed by atoms with Crippen molar-refractivity contribution in [2.75, 3.05) is 38.2 Å². The number of carboxylic acids is 1. The molecule has 9 heteroatoms. The van der Waals surface area contributed by atoms with Crippen LogP contribution in [0.5, 0.6) is 5.88 Å². The molecule has 0 atom stereocenters. The number of carbonyl (C=O) groups is 2. The van der Waals surface area contributed by atoms with E-state index in [4.69, 9.17) is 14.3 Å². The smallest absolute Gasteiger partial charge is 0.311 e. The molecule has 1 saturated heterocycles. The molecule has 1 aliphatic rings. The topological polar surface area (TPSA) is 109 Å². The summed E-state index contributed by atoms with van der Waals surface area (Å²) in [4.78, 5) is 36.0. The molecule has 138 valence electrons. The van der Waals surface area contributed by atoms with Crippen LogP contribution in [0.2, 0.25) is 0 Å². The molecule has 0 spiro atoms. The van der Waals surface area contributed by atoms with Crippen LogP contribution in [0.15, 0.2) is 22.9 Å². The number of amides is 1.